The van der Waals surface area contributed by atoms with Crippen LogP contribution >= 0.6 is 11.3 Å². The average Bonchev–Trinajstić information content (AvgIpc) is 3.49. The van der Waals surface area contributed by atoms with E-state index in [9.17, 15) is 0 Å². The highest BCUT2D eigenvalue weighted by molar-refractivity contribution is 7.18. The standard InChI is InChI=1S/C39H32N2S/c1-28-18-22-32(23-19-28)41(33-24-20-29(2)21-25-33)39(38-40-36-16-8-9-17-37(36)42-38)26-10-13-31(27-39)35-15-7-6-14-34(35)30-11-4-3-5-12-30/h3-26H,27H2,1-2H3. The Balaban J connectivity index is 1.46. The van der Waals surface area contributed by atoms with Crippen LogP contribution in [0.5, 0.6) is 0 Å². The fourth-order valence-corrected chi connectivity index (χ4v) is 7.13. The second-order valence-corrected chi connectivity index (χ2v) is 12.1. The largest absolute Gasteiger partial charge is 0.325 e. The molecule has 1 unspecified atom stereocenters. The minimum absolute atomic E-state index is 0.540. The first-order valence-electron chi connectivity index (χ1n) is 14.4. The van der Waals surface area contributed by atoms with Gasteiger partial charge in [-0.25, -0.2) is 4.98 Å². The van der Waals surface area contributed by atoms with E-state index in [-0.39, 0.29) is 0 Å². The molecule has 7 rings (SSSR count). The van der Waals surface area contributed by atoms with Crippen LogP contribution in [0.25, 0.3) is 26.9 Å². The lowest BCUT2D eigenvalue weighted by molar-refractivity contribution is 0.552. The minimum Gasteiger partial charge on any atom is -0.325 e. The maximum Gasteiger partial charge on any atom is 0.124 e. The van der Waals surface area contributed by atoms with Gasteiger partial charge in [0, 0.05) is 17.8 Å². The second-order valence-electron chi connectivity index (χ2n) is 11.1. The fourth-order valence-electron chi connectivity index (χ4n) is 6.00. The minimum atomic E-state index is -0.540. The molecule has 0 spiro atoms. The van der Waals surface area contributed by atoms with E-state index in [4.69, 9.17) is 4.98 Å². The van der Waals surface area contributed by atoms with Gasteiger partial charge in [0.1, 0.15) is 10.5 Å². The van der Waals surface area contributed by atoms with Crippen LogP contribution in [0.1, 0.15) is 28.1 Å². The van der Waals surface area contributed by atoms with Crippen molar-refractivity contribution in [2.45, 2.75) is 25.8 Å². The molecule has 1 aliphatic carbocycles. The van der Waals surface area contributed by atoms with Crippen LogP contribution in [0.15, 0.2) is 146 Å². The molecule has 1 aliphatic rings. The summed E-state index contributed by atoms with van der Waals surface area (Å²) in [6, 6.07) is 45.8. The molecule has 0 saturated heterocycles. The number of aryl methyl sites for hydroxylation is 2. The Bertz CT molecular complexity index is 1840. The van der Waals surface area contributed by atoms with Crippen LogP contribution in [-0.2, 0) is 5.54 Å². The van der Waals surface area contributed by atoms with Crippen LogP contribution in [0.4, 0.5) is 11.4 Å². The average molecular weight is 561 g/mol. The van der Waals surface area contributed by atoms with Crippen LogP contribution in [-0.4, -0.2) is 4.98 Å². The molecule has 1 atom stereocenters. The van der Waals surface area contributed by atoms with Crippen molar-refractivity contribution in [2.75, 3.05) is 4.90 Å². The van der Waals surface area contributed by atoms with Crippen molar-refractivity contribution < 1.29 is 0 Å². The number of anilines is 2. The summed E-state index contributed by atoms with van der Waals surface area (Å²) in [5.74, 6) is 0. The molecule has 5 aromatic carbocycles. The Hall–Kier alpha value is -4.73. The van der Waals surface area contributed by atoms with Gasteiger partial charge in [-0.05, 0) is 72.5 Å². The van der Waals surface area contributed by atoms with Gasteiger partial charge in [-0.3, -0.25) is 0 Å². The van der Waals surface area contributed by atoms with E-state index in [1.165, 1.54) is 38.1 Å². The quantitative estimate of drug-likeness (QED) is 0.201. The number of aromatic nitrogens is 1. The van der Waals surface area contributed by atoms with E-state index in [1.807, 2.05) is 0 Å². The summed E-state index contributed by atoms with van der Waals surface area (Å²) in [4.78, 5) is 7.82. The molecule has 204 valence electrons. The van der Waals surface area contributed by atoms with E-state index >= 15 is 0 Å². The molecule has 2 nitrogen and oxygen atoms in total. The lowest BCUT2D eigenvalue weighted by Crippen LogP contribution is -2.43. The number of nitrogens with zero attached hydrogens (tertiary/aromatic N) is 2. The number of benzene rings is 5. The first-order chi connectivity index (χ1) is 20.6. The van der Waals surface area contributed by atoms with E-state index in [1.54, 1.807) is 11.3 Å². The molecule has 1 heterocycles. The van der Waals surface area contributed by atoms with Crippen molar-refractivity contribution in [3.63, 3.8) is 0 Å². The number of hydrogen-bond donors (Lipinski definition) is 0. The first-order valence-corrected chi connectivity index (χ1v) is 15.3. The number of rotatable bonds is 6. The molecule has 6 aromatic rings. The summed E-state index contributed by atoms with van der Waals surface area (Å²) >= 11 is 1.79. The smallest absolute Gasteiger partial charge is 0.124 e. The Kier molecular flexibility index (Phi) is 6.81. The van der Waals surface area contributed by atoms with E-state index in [0.29, 0.717) is 0 Å². The third kappa shape index (κ3) is 4.76. The number of thiazole rings is 1. The van der Waals surface area contributed by atoms with Crippen molar-refractivity contribution in [3.8, 4) is 11.1 Å². The molecular weight excluding hydrogens is 529 g/mol. The van der Waals surface area contributed by atoms with Crippen LogP contribution in [0.3, 0.4) is 0 Å². The monoisotopic (exact) mass is 560 g/mol. The molecule has 0 amide bonds. The van der Waals surface area contributed by atoms with Crippen LogP contribution < -0.4 is 4.90 Å². The molecule has 0 saturated carbocycles. The third-order valence-corrected chi connectivity index (χ3v) is 9.34. The zero-order chi connectivity index (χ0) is 28.5. The maximum absolute atomic E-state index is 5.32. The highest BCUT2D eigenvalue weighted by atomic mass is 32.1. The van der Waals surface area contributed by atoms with Gasteiger partial charge in [-0.15, -0.1) is 11.3 Å². The Morgan fingerprint density at radius 3 is 1.90 bits per heavy atom. The first kappa shape index (κ1) is 26.2. The van der Waals surface area contributed by atoms with Crippen molar-refractivity contribution in [2.24, 2.45) is 0 Å². The van der Waals surface area contributed by atoms with Crippen molar-refractivity contribution in [1.29, 1.82) is 0 Å². The number of allylic oxidation sites excluding steroid dienone is 2. The predicted molar refractivity (Wildman–Crippen MR) is 179 cm³/mol. The molecule has 0 aliphatic heterocycles. The summed E-state index contributed by atoms with van der Waals surface area (Å²) in [6.07, 6.45) is 7.66. The van der Waals surface area contributed by atoms with Crippen molar-refractivity contribution >= 4 is 38.5 Å². The zero-order valence-corrected chi connectivity index (χ0v) is 24.7. The summed E-state index contributed by atoms with van der Waals surface area (Å²) in [7, 11) is 0. The van der Waals surface area contributed by atoms with Crippen LogP contribution in [0.2, 0.25) is 0 Å². The summed E-state index contributed by atoms with van der Waals surface area (Å²) in [5, 5.41) is 1.09. The summed E-state index contributed by atoms with van der Waals surface area (Å²) in [5.41, 5.74) is 10.3. The highest BCUT2D eigenvalue weighted by Crippen LogP contribution is 2.50. The molecule has 0 bridgehead atoms. The normalized spacial score (nSPS) is 16.4. The van der Waals surface area contributed by atoms with Gasteiger partial charge in [0.2, 0.25) is 0 Å². The highest BCUT2D eigenvalue weighted by Gasteiger charge is 2.43. The van der Waals surface area contributed by atoms with Gasteiger partial charge in [-0.2, -0.15) is 0 Å². The van der Waals surface area contributed by atoms with Gasteiger partial charge in [-0.1, -0.05) is 120 Å². The molecular formula is C39H32N2S. The fraction of sp³-hybridized carbons (Fsp3) is 0.103. The number of para-hydroxylation sites is 1. The lowest BCUT2D eigenvalue weighted by atomic mass is 9.80. The van der Waals surface area contributed by atoms with Crippen molar-refractivity contribution in [1.82, 2.24) is 4.98 Å². The zero-order valence-electron chi connectivity index (χ0n) is 23.9. The van der Waals surface area contributed by atoms with Gasteiger partial charge in [0.15, 0.2) is 0 Å². The molecule has 0 N–H and O–H groups in total. The number of fused-ring (bicyclic) bond motifs is 1. The maximum atomic E-state index is 5.32. The Morgan fingerprint density at radius 2 is 1.24 bits per heavy atom. The molecule has 0 fully saturated rings. The van der Waals surface area contributed by atoms with Gasteiger partial charge in [0.05, 0.1) is 10.2 Å². The van der Waals surface area contributed by atoms with E-state index in [0.717, 1.165) is 28.3 Å². The van der Waals surface area contributed by atoms with E-state index < -0.39 is 5.54 Å². The Labute approximate surface area is 251 Å². The van der Waals surface area contributed by atoms with Crippen LogP contribution in [0, 0.1) is 13.8 Å². The second kappa shape index (κ2) is 10.9. The topological polar surface area (TPSA) is 16.1 Å². The van der Waals surface area contributed by atoms with E-state index in [2.05, 4.69) is 164 Å². The number of hydrogen-bond acceptors (Lipinski definition) is 3. The predicted octanol–water partition coefficient (Wildman–Crippen LogP) is 10.7. The molecule has 3 heteroatoms. The lowest BCUT2D eigenvalue weighted by Gasteiger charge is -2.44. The van der Waals surface area contributed by atoms with Gasteiger partial charge in [0.25, 0.3) is 0 Å². The molecule has 1 aromatic heterocycles. The molecule has 42 heavy (non-hydrogen) atoms. The third-order valence-electron chi connectivity index (χ3n) is 8.13. The SMILES string of the molecule is Cc1ccc(N(c2ccc(C)cc2)C2(c3nc4ccccc4s3)C=CC=C(c3ccccc3-c3ccccc3)C2)cc1. The summed E-state index contributed by atoms with van der Waals surface area (Å²) < 4.78 is 1.20. The summed E-state index contributed by atoms with van der Waals surface area (Å²) in [6.45, 7) is 4.29. The molecule has 0 radical (unpaired) electrons. The Morgan fingerprint density at radius 1 is 0.643 bits per heavy atom. The van der Waals surface area contributed by atoms with Gasteiger partial charge < -0.3 is 4.90 Å². The van der Waals surface area contributed by atoms with Gasteiger partial charge >= 0.3 is 0 Å². The van der Waals surface area contributed by atoms with Crippen molar-refractivity contribution in [3.05, 3.63) is 167 Å².